The summed E-state index contributed by atoms with van der Waals surface area (Å²) in [6.45, 7) is 3.89. The fraction of sp³-hybridized carbons (Fsp3) is 0.333. The fourth-order valence-corrected chi connectivity index (χ4v) is 3.31. The molecule has 0 aliphatic carbocycles. The van der Waals surface area contributed by atoms with E-state index < -0.39 is 0 Å². The van der Waals surface area contributed by atoms with Crippen LogP contribution in [0.15, 0.2) is 43.6 Å². The van der Waals surface area contributed by atoms with Crippen molar-refractivity contribution in [3.8, 4) is 0 Å². The molecule has 3 N–H and O–H groups in total. The van der Waals surface area contributed by atoms with E-state index in [9.17, 15) is 4.79 Å². The van der Waals surface area contributed by atoms with Gasteiger partial charge in [-0.15, -0.1) is 0 Å². The van der Waals surface area contributed by atoms with Crippen molar-refractivity contribution in [1.82, 2.24) is 9.97 Å². The Morgan fingerprint density at radius 3 is 2.86 bits per heavy atom. The third-order valence-corrected chi connectivity index (χ3v) is 4.58. The molecule has 0 radical (unpaired) electrons. The molecular weight excluding hydrogens is 350 g/mol. The van der Waals surface area contributed by atoms with Crippen LogP contribution in [0.25, 0.3) is 0 Å². The van der Waals surface area contributed by atoms with Crippen molar-refractivity contribution in [3.05, 3.63) is 50.3 Å². The van der Waals surface area contributed by atoms with E-state index in [-0.39, 0.29) is 11.6 Å². The molecule has 6 heteroatoms. The van der Waals surface area contributed by atoms with Crippen LogP contribution in [-0.2, 0) is 6.42 Å². The minimum atomic E-state index is -0.131. The normalized spacial score (nSPS) is 12.4. The van der Waals surface area contributed by atoms with Gasteiger partial charge in [-0.1, -0.05) is 34.6 Å². The molecule has 112 valence electrons. The maximum atomic E-state index is 11.5. The number of hydrogen-bond donors (Lipinski definition) is 2. The molecule has 0 saturated carbocycles. The molecule has 4 nitrogen and oxygen atoms in total. The number of rotatable bonds is 5. The summed E-state index contributed by atoms with van der Waals surface area (Å²) < 4.78 is 1.02. The predicted molar refractivity (Wildman–Crippen MR) is 89.8 cm³/mol. The second-order valence-corrected chi connectivity index (χ2v) is 6.86. The molecule has 0 spiro atoms. The first-order chi connectivity index (χ1) is 9.97. The molecule has 1 heterocycles. The summed E-state index contributed by atoms with van der Waals surface area (Å²) in [4.78, 5) is 19.7. The molecule has 0 fully saturated rings. The Bertz CT molecular complexity index is 687. The van der Waals surface area contributed by atoms with Gasteiger partial charge in [0.05, 0.1) is 0 Å². The number of halogens is 1. The quantitative estimate of drug-likeness (QED) is 0.795. The Hall–Kier alpha value is -1.11. The van der Waals surface area contributed by atoms with Crippen molar-refractivity contribution < 1.29 is 0 Å². The maximum absolute atomic E-state index is 11.5. The minimum Gasteiger partial charge on any atom is -0.327 e. The lowest BCUT2D eigenvalue weighted by molar-refractivity contribution is 0.641. The second-order valence-electron chi connectivity index (χ2n) is 4.92. The van der Waals surface area contributed by atoms with Gasteiger partial charge in [0.2, 0.25) is 0 Å². The summed E-state index contributed by atoms with van der Waals surface area (Å²) in [6, 6.07) is 7.69. The van der Waals surface area contributed by atoms with E-state index in [4.69, 9.17) is 5.73 Å². The Balaban J connectivity index is 2.32. The largest absolute Gasteiger partial charge is 0.327 e. The van der Waals surface area contributed by atoms with Crippen molar-refractivity contribution >= 4 is 27.7 Å². The van der Waals surface area contributed by atoms with E-state index in [0.29, 0.717) is 10.9 Å². The number of hydrogen-bond acceptors (Lipinski definition) is 4. The van der Waals surface area contributed by atoms with Gasteiger partial charge in [-0.3, -0.25) is 4.79 Å². The molecule has 1 unspecified atom stereocenters. The zero-order valence-electron chi connectivity index (χ0n) is 12.0. The summed E-state index contributed by atoms with van der Waals surface area (Å²) in [5.74, 6) is 0. The standard InChI is InChI=1S/C15H18BrN3OS/c1-3-12(17)8-10-7-11(16)4-5-13(10)21-15-18-9(2)6-14(20)19-15/h4-7,12H,3,8,17H2,1-2H3,(H,18,19,20). The van der Waals surface area contributed by atoms with Crippen LogP contribution >= 0.6 is 27.7 Å². The smallest absolute Gasteiger partial charge is 0.251 e. The van der Waals surface area contributed by atoms with Crippen molar-refractivity contribution in [3.63, 3.8) is 0 Å². The van der Waals surface area contributed by atoms with Crippen LogP contribution in [0.5, 0.6) is 0 Å². The van der Waals surface area contributed by atoms with E-state index in [0.717, 1.165) is 27.8 Å². The molecule has 2 rings (SSSR count). The summed E-state index contributed by atoms with van der Waals surface area (Å²) in [5, 5.41) is 0.605. The SMILES string of the molecule is CCC(N)Cc1cc(Br)ccc1Sc1nc(C)cc(=O)[nH]1. The third-order valence-electron chi connectivity index (χ3n) is 3.08. The van der Waals surface area contributed by atoms with Crippen LogP contribution in [0.4, 0.5) is 0 Å². The van der Waals surface area contributed by atoms with E-state index >= 15 is 0 Å². The topological polar surface area (TPSA) is 71.8 Å². The van der Waals surface area contributed by atoms with Crippen LogP contribution < -0.4 is 11.3 Å². The molecule has 2 aromatic rings. The average molecular weight is 368 g/mol. The van der Waals surface area contributed by atoms with Crippen molar-refractivity contribution in [1.29, 1.82) is 0 Å². The molecule has 1 aromatic heterocycles. The number of benzene rings is 1. The van der Waals surface area contributed by atoms with Gasteiger partial charge in [-0.25, -0.2) is 4.98 Å². The molecule has 1 aromatic carbocycles. The van der Waals surface area contributed by atoms with Gasteiger partial charge >= 0.3 is 0 Å². The third kappa shape index (κ3) is 4.69. The van der Waals surface area contributed by atoms with Gasteiger partial charge in [-0.2, -0.15) is 0 Å². The Kier molecular flexibility index (Phi) is 5.61. The lowest BCUT2D eigenvalue weighted by Gasteiger charge is -2.13. The number of aromatic nitrogens is 2. The van der Waals surface area contributed by atoms with Crippen molar-refractivity contribution in [2.45, 2.75) is 42.8 Å². The molecular formula is C15H18BrN3OS. The van der Waals surface area contributed by atoms with Crippen LogP contribution in [0.1, 0.15) is 24.6 Å². The number of aromatic amines is 1. The van der Waals surface area contributed by atoms with Gasteiger partial charge in [-0.05, 0) is 43.5 Å². The first-order valence-corrected chi connectivity index (χ1v) is 8.38. The van der Waals surface area contributed by atoms with E-state index in [2.05, 4.69) is 38.9 Å². The van der Waals surface area contributed by atoms with E-state index in [1.54, 1.807) is 0 Å². The minimum absolute atomic E-state index is 0.128. The zero-order chi connectivity index (χ0) is 15.4. The average Bonchev–Trinajstić information content (AvgIpc) is 2.40. The first-order valence-electron chi connectivity index (χ1n) is 6.77. The molecule has 0 saturated heterocycles. The van der Waals surface area contributed by atoms with E-state index in [1.807, 2.05) is 19.1 Å². The highest BCUT2D eigenvalue weighted by Gasteiger charge is 2.10. The summed E-state index contributed by atoms with van der Waals surface area (Å²) in [7, 11) is 0. The number of aryl methyl sites for hydroxylation is 1. The molecule has 0 amide bonds. The highest BCUT2D eigenvalue weighted by molar-refractivity contribution is 9.10. The zero-order valence-corrected chi connectivity index (χ0v) is 14.4. The lowest BCUT2D eigenvalue weighted by atomic mass is 10.1. The number of nitrogens with zero attached hydrogens (tertiary/aromatic N) is 1. The number of nitrogens with two attached hydrogens (primary N) is 1. The van der Waals surface area contributed by atoms with Gasteiger partial charge in [0.25, 0.3) is 5.56 Å². The van der Waals surface area contributed by atoms with Crippen LogP contribution in [0, 0.1) is 6.92 Å². The lowest BCUT2D eigenvalue weighted by Crippen LogP contribution is -2.21. The number of nitrogens with one attached hydrogen (secondary N) is 1. The summed E-state index contributed by atoms with van der Waals surface area (Å²) in [5.41, 5.74) is 7.81. The van der Waals surface area contributed by atoms with Crippen LogP contribution in [-0.4, -0.2) is 16.0 Å². The second kappa shape index (κ2) is 7.24. The Morgan fingerprint density at radius 2 is 2.19 bits per heavy atom. The fourth-order valence-electron chi connectivity index (χ4n) is 1.94. The molecule has 0 bridgehead atoms. The molecule has 1 atom stereocenters. The Labute approximate surface area is 136 Å². The number of H-pyrrole nitrogens is 1. The van der Waals surface area contributed by atoms with Gasteiger partial charge in [0.15, 0.2) is 5.16 Å². The molecule has 0 aliphatic heterocycles. The van der Waals surface area contributed by atoms with Gasteiger partial charge < -0.3 is 10.7 Å². The summed E-state index contributed by atoms with van der Waals surface area (Å²) in [6.07, 6.45) is 1.73. The van der Waals surface area contributed by atoms with E-state index in [1.165, 1.54) is 17.8 Å². The van der Waals surface area contributed by atoms with Crippen molar-refractivity contribution in [2.24, 2.45) is 5.73 Å². The monoisotopic (exact) mass is 367 g/mol. The highest BCUT2D eigenvalue weighted by atomic mass is 79.9. The van der Waals surface area contributed by atoms with Gasteiger partial charge in [0.1, 0.15) is 0 Å². The highest BCUT2D eigenvalue weighted by Crippen LogP contribution is 2.30. The molecule has 21 heavy (non-hydrogen) atoms. The molecule has 0 aliphatic rings. The maximum Gasteiger partial charge on any atom is 0.251 e. The summed E-state index contributed by atoms with van der Waals surface area (Å²) >= 11 is 4.95. The van der Waals surface area contributed by atoms with Crippen LogP contribution in [0.2, 0.25) is 0 Å². The Morgan fingerprint density at radius 1 is 1.43 bits per heavy atom. The first kappa shape index (κ1) is 16.3. The predicted octanol–water partition coefficient (Wildman–Crippen LogP) is 3.27. The van der Waals surface area contributed by atoms with Crippen LogP contribution in [0.3, 0.4) is 0 Å². The van der Waals surface area contributed by atoms with Gasteiger partial charge in [0, 0.05) is 27.2 Å². The van der Waals surface area contributed by atoms with Crippen molar-refractivity contribution in [2.75, 3.05) is 0 Å².